The molecule has 0 aromatic carbocycles. The second-order valence-electron chi connectivity index (χ2n) is 8.33. The fourth-order valence-corrected chi connectivity index (χ4v) is 5.71. The molecular formula is C20H26N2O4S. The lowest BCUT2D eigenvalue weighted by molar-refractivity contribution is -0.147. The minimum Gasteiger partial charge on any atom is -0.381 e. The van der Waals surface area contributed by atoms with Gasteiger partial charge < -0.3 is 19.7 Å². The third-order valence-corrected chi connectivity index (χ3v) is 7.58. The van der Waals surface area contributed by atoms with Crippen LogP contribution in [0, 0.1) is 29.6 Å². The molecule has 146 valence electrons. The Kier molecular flexibility index (Phi) is 4.70. The van der Waals surface area contributed by atoms with E-state index >= 15 is 0 Å². The van der Waals surface area contributed by atoms with Crippen molar-refractivity contribution in [2.75, 3.05) is 32.9 Å². The van der Waals surface area contributed by atoms with Gasteiger partial charge in [-0.3, -0.25) is 9.59 Å². The molecule has 27 heavy (non-hydrogen) atoms. The Hall–Kier alpha value is -1.44. The molecule has 1 unspecified atom stereocenters. The maximum absolute atomic E-state index is 12.8. The first-order valence-electron chi connectivity index (χ1n) is 9.99. The summed E-state index contributed by atoms with van der Waals surface area (Å²) in [5.74, 6) is 1.61. The van der Waals surface area contributed by atoms with Gasteiger partial charge in [0.05, 0.1) is 38.4 Å². The third-order valence-electron chi connectivity index (χ3n) is 6.70. The summed E-state index contributed by atoms with van der Waals surface area (Å²) in [4.78, 5) is 28.6. The molecule has 1 saturated carbocycles. The van der Waals surface area contributed by atoms with Crippen molar-refractivity contribution in [2.45, 2.75) is 25.5 Å². The van der Waals surface area contributed by atoms with Crippen LogP contribution in [0.3, 0.4) is 0 Å². The Balaban J connectivity index is 1.15. The predicted molar refractivity (Wildman–Crippen MR) is 100.0 cm³/mol. The molecule has 6 atom stereocenters. The zero-order chi connectivity index (χ0) is 18.4. The van der Waals surface area contributed by atoms with Crippen LogP contribution in [-0.2, 0) is 25.6 Å². The Morgan fingerprint density at radius 1 is 1.26 bits per heavy atom. The molecule has 7 heteroatoms. The topological polar surface area (TPSA) is 67.9 Å². The zero-order valence-electron chi connectivity index (χ0n) is 15.3. The number of rotatable bonds is 4. The SMILES string of the molecule is O=C(NCc1cccs1)[C@@H]1CO[C@@H]2CCN(C(=O)C3[C@H]4COC[C@@H]34)C[C@@H]2C1. The van der Waals surface area contributed by atoms with Crippen molar-refractivity contribution < 1.29 is 19.1 Å². The van der Waals surface area contributed by atoms with E-state index in [1.54, 1.807) is 11.3 Å². The van der Waals surface area contributed by atoms with Gasteiger partial charge in [0.2, 0.25) is 11.8 Å². The molecule has 3 saturated heterocycles. The van der Waals surface area contributed by atoms with Crippen molar-refractivity contribution in [1.82, 2.24) is 10.2 Å². The summed E-state index contributed by atoms with van der Waals surface area (Å²) in [5, 5.41) is 5.05. The average molecular weight is 391 g/mol. The largest absolute Gasteiger partial charge is 0.381 e. The van der Waals surface area contributed by atoms with Crippen LogP contribution in [0.2, 0.25) is 0 Å². The van der Waals surface area contributed by atoms with Gasteiger partial charge in [-0.2, -0.15) is 0 Å². The third kappa shape index (κ3) is 3.41. The van der Waals surface area contributed by atoms with Crippen LogP contribution in [0.5, 0.6) is 0 Å². The minimum absolute atomic E-state index is 0.0687. The number of nitrogens with zero attached hydrogens (tertiary/aromatic N) is 1. The fourth-order valence-electron chi connectivity index (χ4n) is 5.06. The number of nitrogens with one attached hydrogen (secondary N) is 1. The maximum atomic E-state index is 12.8. The molecule has 2 amide bonds. The molecule has 1 aromatic rings. The number of ether oxygens (including phenoxy) is 2. The Morgan fingerprint density at radius 2 is 2.11 bits per heavy atom. The molecule has 0 radical (unpaired) electrons. The van der Waals surface area contributed by atoms with Crippen molar-refractivity contribution >= 4 is 23.2 Å². The molecular weight excluding hydrogens is 364 g/mol. The van der Waals surface area contributed by atoms with Crippen LogP contribution in [-0.4, -0.2) is 55.7 Å². The summed E-state index contributed by atoms with van der Waals surface area (Å²) < 4.78 is 11.4. The summed E-state index contributed by atoms with van der Waals surface area (Å²) >= 11 is 1.65. The molecule has 6 nitrogen and oxygen atoms in total. The van der Waals surface area contributed by atoms with Gasteiger partial charge in [0.1, 0.15) is 0 Å². The fraction of sp³-hybridized carbons (Fsp3) is 0.700. The van der Waals surface area contributed by atoms with Crippen molar-refractivity contribution in [1.29, 1.82) is 0 Å². The molecule has 4 heterocycles. The highest BCUT2D eigenvalue weighted by atomic mass is 32.1. The van der Waals surface area contributed by atoms with Crippen molar-refractivity contribution in [3.8, 4) is 0 Å². The molecule has 1 aliphatic carbocycles. The normalized spacial score (nSPS) is 37.4. The van der Waals surface area contributed by atoms with Crippen LogP contribution in [0.4, 0.5) is 0 Å². The van der Waals surface area contributed by atoms with E-state index in [4.69, 9.17) is 9.47 Å². The highest BCUT2D eigenvalue weighted by Crippen LogP contribution is 2.52. The van der Waals surface area contributed by atoms with Crippen LogP contribution in [0.25, 0.3) is 0 Å². The second-order valence-corrected chi connectivity index (χ2v) is 9.36. The molecule has 5 rings (SSSR count). The van der Waals surface area contributed by atoms with E-state index < -0.39 is 0 Å². The van der Waals surface area contributed by atoms with Crippen LogP contribution in [0.1, 0.15) is 17.7 Å². The Morgan fingerprint density at radius 3 is 2.89 bits per heavy atom. The van der Waals surface area contributed by atoms with Crippen LogP contribution >= 0.6 is 11.3 Å². The highest BCUT2D eigenvalue weighted by molar-refractivity contribution is 7.09. The van der Waals surface area contributed by atoms with Gasteiger partial charge in [-0.1, -0.05) is 6.07 Å². The summed E-state index contributed by atoms with van der Waals surface area (Å²) in [6, 6.07) is 4.02. The molecule has 0 bridgehead atoms. The second kappa shape index (κ2) is 7.18. The first-order chi connectivity index (χ1) is 13.2. The van der Waals surface area contributed by atoms with E-state index in [-0.39, 0.29) is 29.8 Å². The van der Waals surface area contributed by atoms with Gasteiger partial charge in [-0.25, -0.2) is 0 Å². The highest BCUT2D eigenvalue weighted by Gasteiger charge is 2.59. The van der Waals surface area contributed by atoms with Gasteiger partial charge >= 0.3 is 0 Å². The Bertz CT molecular complexity index is 699. The zero-order valence-corrected chi connectivity index (χ0v) is 16.2. The number of amides is 2. The summed E-state index contributed by atoms with van der Waals surface area (Å²) in [7, 11) is 0. The lowest BCUT2D eigenvalue weighted by Crippen LogP contribution is -2.52. The summed E-state index contributed by atoms with van der Waals surface area (Å²) in [5.41, 5.74) is 0. The number of fused-ring (bicyclic) bond motifs is 2. The average Bonchev–Trinajstić information content (AvgIpc) is 3.10. The first-order valence-corrected chi connectivity index (χ1v) is 10.9. The number of carbonyl (C=O) groups is 2. The minimum atomic E-state index is -0.116. The van der Waals surface area contributed by atoms with Crippen molar-refractivity contribution in [3.05, 3.63) is 22.4 Å². The van der Waals surface area contributed by atoms with E-state index in [0.29, 0.717) is 30.9 Å². The molecule has 4 fully saturated rings. The molecule has 3 aliphatic heterocycles. The van der Waals surface area contributed by atoms with Crippen molar-refractivity contribution in [3.63, 3.8) is 0 Å². The number of thiophene rings is 1. The standard InChI is InChI=1S/C20H26N2O4S/c23-19(21-7-14-2-1-5-27-14)13-6-12-8-22(4-3-17(12)26-9-13)20(24)18-15-10-25-11-16(15)18/h1-2,5,12-13,15-18H,3-4,6-11H2,(H,21,23)/t12-,13-,15-,16+,17+,18?/m0/s1. The quantitative estimate of drug-likeness (QED) is 0.846. The van der Waals surface area contributed by atoms with Gasteiger partial charge in [-0.05, 0) is 36.1 Å². The molecule has 4 aliphatic rings. The maximum Gasteiger partial charge on any atom is 0.226 e. The smallest absolute Gasteiger partial charge is 0.226 e. The van der Waals surface area contributed by atoms with Gasteiger partial charge in [0.25, 0.3) is 0 Å². The predicted octanol–water partition coefficient (Wildman–Crippen LogP) is 1.51. The lowest BCUT2D eigenvalue weighted by atomic mass is 9.83. The van der Waals surface area contributed by atoms with E-state index in [0.717, 1.165) is 44.0 Å². The Labute approximate surface area is 163 Å². The van der Waals surface area contributed by atoms with E-state index in [2.05, 4.69) is 5.32 Å². The number of piperidine rings is 1. The number of hydrogen-bond donors (Lipinski definition) is 1. The van der Waals surface area contributed by atoms with Gasteiger partial charge in [0, 0.05) is 29.8 Å². The molecule has 1 aromatic heterocycles. The van der Waals surface area contributed by atoms with Crippen molar-refractivity contribution in [2.24, 2.45) is 29.6 Å². The van der Waals surface area contributed by atoms with Crippen LogP contribution in [0.15, 0.2) is 17.5 Å². The monoisotopic (exact) mass is 390 g/mol. The van der Waals surface area contributed by atoms with Gasteiger partial charge in [0.15, 0.2) is 0 Å². The lowest BCUT2D eigenvalue weighted by Gasteiger charge is -2.43. The first kappa shape index (κ1) is 17.6. The van der Waals surface area contributed by atoms with E-state index in [9.17, 15) is 9.59 Å². The number of likely N-dealkylation sites (tertiary alicyclic amines) is 1. The molecule has 1 N–H and O–H groups in total. The summed E-state index contributed by atoms with van der Waals surface area (Å²) in [6.45, 7) is 4.09. The number of carbonyl (C=O) groups excluding carboxylic acids is 2. The van der Waals surface area contributed by atoms with Crippen LogP contribution < -0.4 is 5.32 Å². The summed E-state index contributed by atoms with van der Waals surface area (Å²) in [6.07, 6.45) is 1.89. The molecule has 0 spiro atoms. The van der Waals surface area contributed by atoms with Gasteiger partial charge in [-0.15, -0.1) is 11.3 Å². The van der Waals surface area contributed by atoms with E-state index in [1.807, 2.05) is 22.4 Å². The number of hydrogen-bond acceptors (Lipinski definition) is 5. The van der Waals surface area contributed by atoms with E-state index in [1.165, 1.54) is 0 Å².